The van der Waals surface area contributed by atoms with Crippen molar-refractivity contribution in [1.82, 2.24) is 35.5 Å². The van der Waals surface area contributed by atoms with E-state index in [1.54, 1.807) is 18.3 Å². The predicted octanol–water partition coefficient (Wildman–Crippen LogP) is 3.42. The summed E-state index contributed by atoms with van der Waals surface area (Å²) in [5, 5.41) is 18.0. The number of likely N-dealkylation sites (tertiary alicyclic amines) is 1. The summed E-state index contributed by atoms with van der Waals surface area (Å²) in [4.78, 5) is 35.8. The molecule has 4 aromatic rings. The number of nitrogens with one attached hydrogen (secondary N) is 3. The van der Waals surface area contributed by atoms with Gasteiger partial charge in [0.05, 0.1) is 24.0 Å². The summed E-state index contributed by atoms with van der Waals surface area (Å²) in [6.45, 7) is 9.73. The van der Waals surface area contributed by atoms with Gasteiger partial charge in [-0.15, -0.1) is 0 Å². The van der Waals surface area contributed by atoms with Gasteiger partial charge in [0.1, 0.15) is 5.82 Å². The van der Waals surface area contributed by atoms with Crippen LogP contribution in [-0.4, -0.2) is 74.4 Å². The zero-order chi connectivity index (χ0) is 29.6. The topological polar surface area (TPSA) is 151 Å². The molecule has 5 heterocycles. The molecule has 0 unspecified atom stereocenters. The molecule has 3 N–H and O–H groups in total. The van der Waals surface area contributed by atoms with Gasteiger partial charge in [0.25, 0.3) is 11.7 Å². The molecular weight excluding hydrogens is 543 g/mol. The second kappa shape index (κ2) is 10.5. The Labute approximate surface area is 241 Å². The van der Waals surface area contributed by atoms with Gasteiger partial charge in [0.15, 0.2) is 11.5 Å². The summed E-state index contributed by atoms with van der Waals surface area (Å²) in [5.74, 6) is -0.0697. The number of anilines is 1. The van der Waals surface area contributed by atoms with Crippen molar-refractivity contribution >= 4 is 28.7 Å². The minimum Gasteiger partial charge on any atom is -0.379 e. The first-order valence-electron chi connectivity index (χ1n) is 13.9. The third kappa shape index (κ3) is 5.20. The zero-order valence-corrected chi connectivity index (χ0v) is 24.0. The maximum absolute atomic E-state index is 15.3. The normalized spacial score (nSPS) is 18.2. The van der Waals surface area contributed by atoms with Crippen LogP contribution in [0.1, 0.15) is 56.2 Å². The monoisotopic (exact) mass is 576 g/mol. The number of rotatable bonds is 7. The molecule has 2 aliphatic heterocycles. The number of aromatic amines is 1. The Balaban J connectivity index is 1.16. The second-order valence-corrected chi connectivity index (χ2v) is 12.3. The van der Waals surface area contributed by atoms with Gasteiger partial charge in [-0.1, -0.05) is 38.1 Å². The smallest absolute Gasteiger partial charge is 0.292 e. The van der Waals surface area contributed by atoms with Crippen LogP contribution in [0.3, 0.4) is 0 Å². The minimum atomic E-state index is -0.551. The standard InChI is InChI=1S/C29H33FN8O4/c1-28(2,3)26-34-24(37-42-26)25(39)32-12-17-6-5-16(11-20(17)30)19-7-9-31-22-21(19)23(36-35-22)33-18-8-10-38(13-18)27(40)29(4)14-41-15-29/h5-7,9,11,18H,8,10,12-15H2,1-4H3,(H,32,39)(H2,31,33,35,36)/t18-/m0/s1. The van der Waals surface area contributed by atoms with Crippen LogP contribution >= 0.6 is 0 Å². The third-order valence-corrected chi connectivity index (χ3v) is 7.71. The van der Waals surface area contributed by atoms with Gasteiger partial charge in [0, 0.05) is 42.9 Å². The fourth-order valence-electron chi connectivity index (χ4n) is 5.20. The fourth-order valence-corrected chi connectivity index (χ4v) is 5.20. The average Bonchev–Trinajstić information content (AvgIpc) is 3.71. The summed E-state index contributed by atoms with van der Waals surface area (Å²) < 4.78 is 25.7. The van der Waals surface area contributed by atoms with Crippen LogP contribution in [-0.2, 0) is 21.5 Å². The molecule has 0 spiro atoms. The molecule has 2 amide bonds. The second-order valence-electron chi connectivity index (χ2n) is 12.3. The van der Waals surface area contributed by atoms with Gasteiger partial charge in [-0.05, 0) is 36.6 Å². The number of pyridine rings is 1. The first-order valence-corrected chi connectivity index (χ1v) is 13.9. The molecule has 6 rings (SSSR count). The van der Waals surface area contributed by atoms with Gasteiger partial charge in [-0.2, -0.15) is 10.1 Å². The molecule has 0 saturated carbocycles. The number of hydrogen-bond acceptors (Lipinski definition) is 9. The number of ether oxygens (including phenoxy) is 1. The Morgan fingerprint density at radius 2 is 2.05 bits per heavy atom. The summed E-state index contributed by atoms with van der Waals surface area (Å²) in [6, 6.07) is 6.67. The summed E-state index contributed by atoms with van der Waals surface area (Å²) in [7, 11) is 0. The number of fused-ring (bicyclic) bond motifs is 1. The van der Waals surface area contributed by atoms with Crippen LogP contribution in [0, 0.1) is 11.2 Å². The Bertz CT molecular complexity index is 1650. The summed E-state index contributed by atoms with van der Waals surface area (Å²) in [5.41, 5.74) is 1.42. The van der Waals surface area contributed by atoms with Gasteiger partial charge >= 0.3 is 0 Å². The molecule has 2 saturated heterocycles. The van der Waals surface area contributed by atoms with Crippen molar-refractivity contribution in [3.8, 4) is 11.1 Å². The van der Waals surface area contributed by atoms with Gasteiger partial charge in [-0.25, -0.2) is 9.37 Å². The van der Waals surface area contributed by atoms with Crippen molar-refractivity contribution in [2.45, 2.75) is 52.1 Å². The lowest BCUT2D eigenvalue weighted by Crippen LogP contribution is -2.53. The lowest BCUT2D eigenvalue weighted by Gasteiger charge is -2.39. The highest BCUT2D eigenvalue weighted by molar-refractivity contribution is 6.00. The molecule has 2 aliphatic rings. The van der Waals surface area contributed by atoms with Crippen LogP contribution in [0.2, 0.25) is 0 Å². The number of benzene rings is 1. The van der Waals surface area contributed by atoms with Crippen LogP contribution in [0.15, 0.2) is 35.0 Å². The van der Waals surface area contributed by atoms with E-state index in [1.165, 1.54) is 6.07 Å². The van der Waals surface area contributed by atoms with E-state index in [4.69, 9.17) is 9.26 Å². The first kappa shape index (κ1) is 27.8. The maximum Gasteiger partial charge on any atom is 0.292 e. The Hall–Kier alpha value is -4.39. The number of nitrogens with zero attached hydrogens (tertiary/aromatic N) is 5. The molecule has 0 radical (unpaired) electrons. The lowest BCUT2D eigenvalue weighted by molar-refractivity contribution is -0.167. The predicted molar refractivity (Wildman–Crippen MR) is 151 cm³/mol. The summed E-state index contributed by atoms with van der Waals surface area (Å²) in [6.07, 6.45) is 2.42. The lowest BCUT2D eigenvalue weighted by atomic mass is 9.87. The van der Waals surface area contributed by atoms with Crippen molar-refractivity contribution in [3.05, 3.63) is 53.6 Å². The molecule has 0 bridgehead atoms. The molecule has 220 valence electrons. The Kier molecular flexibility index (Phi) is 6.92. The molecule has 2 fully saturated rings. The maximum atomic E-state index is 15.3. The highest BCUT2D eigenvalue weighted by Gasteiger charge is 2.45. The van der Waals surface area contributed by atoms with Gasteiger partial charge in [-0.3, -0.25) is 14.7 Å². The SMILES string of the molecule is CC1(C(=O)N2CC[C@H](Nc3n[nH]c4nccc(-c5ccc(CNC(=O)c6noc(C(C)(C)C)n6)c(F)c5)c34)C2)COC1. The minimum absolute atomic E-state index is 0.0134. The highest BCUT2D eigenvalue weighted by Crippen LogP contribution is 2.34. The molecule has 3 aromatic heterocycles. The van der Waals surface area contributed by atoms with Crippen molar-refractivity contribution in [3.63, 3.8) is 0 Å². The van der Waals surface area contributed by atoms with E-state index < -0.39 is 22.6 Å². The van der Waals surface area contributed by atoms with Crippen LogP contribution in [0.25, 0.3) is 22.2 Å². The molecule has 0 aliphatic carbocycles. The third-order valence-electron chi connectivity index (χ3n) is 7.71. The number of H-pyrrole nitrogens is 1. The van der Waals surface area contributed by atoms with E-state index in [1.807, 2.05) is 38.7 Å². The van der Waals surface area contributed by atoms with Crippen molar-refractivity contribution in [2.75, 3.05) is 31.6 Å². The van der Waals surface area contributed by atoms with E-state index in [-0.39, 0.29) is 24.3 Å². The molecular formula is C29H33FN8O4. The summed E-state index contributed by atoms with van der Waals surface area (Å²) >= 11 is 0. The Morgan fingerprint density at radius 3 is 2.74 bits per heavy atom. The number of aromatic nitrogens is 5. The molecule has 42 heavy (non-hydrogen) atoms. The molecule has 1 atom stereocenters. The van der Waals surface area contributed by atoms with Crippen molar-refractivity contribution in [2.24, 2.45) is 5.41 Å². The van der Waals surface area contributed by atoms with Crippen LogP contribution < -0.4 is 10.6 Å². The van der Waals surface area contributed by atoms with Crippen molar-refractivity contribution < 1.29 is 23.2 Å². The van der Waals surface area contributed by atoms with Crippen LogP contribution in [0.5, 0.6) is 0 Å². The van der Waals surface area contributed by atoms with E-state index in [2.05, 4.69) is 36.0 Å². The van der Waals surface area contributed by atoms with Gasteiger partial charge in [0.2, 0.25) is 11.8 Å². The molecule has 13 heteroatoms. The number of carbonyl (C=O) groups excluding carboxylic acids is 2. The van der Waals surface area contributed by atoms with Crippen LogP contribution in [0.4, 0.5) is 10.2 Å². The number of hydrogen-bond donors (Lipinski definition) is 3. The van der Waals surface area contributed by atoms with Gasteiger partial charge < -0.3 is 24.8 Å². The van der Waals surface area contributed by atoms with E-state index in [0.717, 1.165) is 17.4 Å². The number of carbonyl (C=O) groups is 2. The quantitative estimate of drug-likeness (QED) is 0.301. The number of amides is 2. The largest absolute Gasteiger partial charge is 0.379 e. The average molecular weight is 577 g/mol. The molecule has 1 aromatic carbocycles. The zero-order valence-electron chi connectivity index (χ0n) is 24.0. The van der Waals surface area contributed by atoms with E-state index in [9.17, 15) is 9.59 Å². The van der Waals surface area contributed by atoms with E-state index in [0.29, 0.717) is 54.8 Å². The van der Waals surface area contributed by atoms with E-state index >= 15 is 4.39 Å². The Morgan fingerprint density at radius 1 is 1.24 bits per heavy atom. The highest BCUT2D eigenvalue weighted by atomic mass is 19.1. The van der Waals surface area contributed by atoms with Crippen molar-refractivity contribution in [1.29, 1.82) is 0 Å². The fraction of sp³-hybridized carbons (Fsp3) is 0.448. The number of halogens is 1. The first-order chi connectivity index (χ1) is 20.0. The molecule has 12 nitrogen and oxygen atoms in total.